The van der Waals surface area contributed by atoms with Crippen LogP contribution in [0.3, 0.4) is 0 Å². The van der Waals surface area contributed by atoms with Crippen molar-refractivity contribution in [1.82, 2.24) is 10.4 Å². The maximum atomic E-state index is 11.9. The van der Waals surface area contributed by atoms with Crippen LogP contribution in [0.25, 0.3) is 0 Å². The van der Waals surface area contributed by atoms with Gasteiger partial charge in [0.15, 0.2) is 0 Å². The van der Waals surface area contributed by atoms with Gasteiger partial charge in [0.05, 0.1) is 6.61 Å². The summed E-state index contributed by atoms with van der Waals surface area (Å²) in [7, 11) is 0. The summed E-state index contributed by atoms with van der Waals surface area (Å²) in [6.45, 7) is 13.1. The molecule has 116 valence electrons. The molecular formula is C14H26N2O4. The number of esters is 1. The van der Waals surface area contributed by atoms with Gasteiger partial charge in [-0.25, -0.2) is 9.80 Å². The van der Waals surface area contributed by atoms with E-state index in [1.807, 2.05) is 6.92 Å². The van der Waals surface area contributed by atoms with Crippen LogP contribution in [0.5, 0.6) is 0 Å². The number of amides is 1. The van der Waals surface area contributed by atoms with Gasteiger partial charge < -0.3 is 9.47 Å². The fourth-order valence-corrected chi connectivity index (χ4v) is 1.56. The second-order valence-corrected chi connectivity index (χ2v) is 5.23. The van der Waals surface area contributed by atoms with Gasteiger partial charge in [0.25, 0.3) is 0 Å². The molecule has 0 saturated carbocycles. The third-order valence-electron chi connectivity index (χ3n) is 2.28. The van der Waals surface area contributed by atoms with Crippen molar-refractivity contribution in [3.63, 3.8) is 0 Å². The summed E-state index contributed by atoms with van der Waals surface area (Å²) in [6.07, 6.45) is 1.49. The third-order valence-corrected chi connectivity index (χ3v) is 2.28. The Morgan fingerprint density at radius 2 is 1.95 bits per heavy atom. The highest BCUT2D eigenvalue weighted by atomic mass is 16.6. The SMILES string of the molecule is C=CCN(NC(=O)OC(C)(C)C)C(CC)C(=O)OCC. The Hall–Kier alpha value is -1.56. The van der Waals surface area contributed by atoms with Crippen LogP contribution in [0.1, 0.15) is 41.0 Å². The molecule has 0 aliphatic carbocycles. The van der Waals surface area contributed by atoms with Gasteiger partial charge in [0.2, 0.25) is 0 Å². The van der Waals surface area contributed by atoms with E-state index in [9.17, 15) is 9.59 Å². The van der Waals surface area contributed by atoms with Gasteiger partial charge in [0, 0.05) is 6.54 Å². The lowest BCUT2D eigenvalue weighted by molar-refractivity contribution is -0.150. The van der Waals surface area contributed by atoms with E-state index in [-0.39, 0.29) is 5.97 Å². The fraction of sp³-hybridized carbons (Fsp3) is 0.714. The van der Waals surface area contributed by atoms with Crippen LogP contribution in [0, 0.1) is 0 Å². The molecule has 0 bridgehead atoms. The number of carbonyl (C=O) groups is 2. The highest BCUT2D eigenvalue weighted by Crippen LogP contribution is 2.09. The Morgan fingerprint density at radius 3 is 2.35 bits per heavy atom. The van der Waals surface area contributed by atoms with Gasteiger partial charge in [-0.2, -0.15) is 0 Å². The van der Waals surface area contributed by atoms with E-state index in [1.165, 1.54) is 5.01 Å². The van der Waals surface area contributed by atoms with E-state index in [0.29, 0.717) is 19.6 Å². The predicted octanol–water partition coefficient (Wildman–Crippen LogP) is 2.26. The lowest BCUT2D eigenvalue weighted by atomic mass is 10.2. The van der Waals surface area contributed by atoms with Crippen LogP contribution >= 0.6 is 0 Å². The number of nitrogens with zero attached hydrogens (tertiary/aromatic N) is 1. The average Bonchev–Trinajstić information content (AvgIpc) is 2.27. The molecule has 6 heteroatoms. The zero-order valence-electron chi connectivity index (χ0n) is 13.1. The van der Waals surface area contributed by atoms with Crippen molar-refractivity contribution >= 4 is 12.1 Å². The largest absolute Gasteiger partial charge is 0.465 e. The van der Waals surface area contributed by atoms with Gasteiger partial charge in [0.1, 0.15) is 11.6 Å². The molecule has 0 aromatic heterocycles. The molecule has 1 amide bonds. The van der Waals surface area contributed by atoms with Crippen molar-refractivity contribution in [2.75, 3.05) is 13.2 Å². The number of carbonyl (C=O) groups excluding carboxylic acids is 2. The molecule has 6 nitrogen and oxygen atoms in total. The molecule has 0 aromatic rings. The van der Waals surface area contributed by atoms with Crippen LogP contribution in [-0.2, 0) is 14.3 Å². The summed E-state index contributed by atoms with van der Waals surface area (Å²) in [5.41, 5.74) is 1.96. The van der Waals surface area contributed by atoms with Crippen molar-refractivity contribution in [1.29, 1.82) is 0 Å². The van der Waals surface area contributed by atoms with Crippen molar-refractivity contribution in [3.8, 4) is 0 Å². The van der Waals surface area contributed by atoms with Gasteiger partial charge in [-0.15, -0.1) is 6.58 Å². The molecule has 1 unspecified atom stereocenters. The highest BCUT2D eigenvalue weighted by molar-refractivity contribution is 5.76. The van der Waals surface area contributed by atoms with Crippen LogP contribution < -0.4 is 5.43 Å². The first-order chi connectivity index (χ1) is 9.25. The summed E-state index contributed by atoms with van der Waals surface area (Å²) in [5.74, 6) is -0.382. The number of ether oxygens (including phenoxy) is 2. The molecule has 0 heterocycles. The van der Waals surface area contributed by atoms with Crippen LogP contribution in [0.2, 0.25) is 0 Å². The number of hydrogen-bond donors (Lipinski definition) is 1. The zero-order chi connectivity index (χ0) is 15.8. The summed E-state index contributed by atoms with van der Waals surface area (Å²) < 4.78 is 10.2. The standard InChI is InChI=1S/C14H26N2O4/c1-7-10-16(11(8-2)12(17)19-9-3)15-13(18)20-14(4,5)6/h7,11H,1,8-10H2,2-6H3,(H,15,18). The quantitative estimate of drug-likeness (QED) is 0.442. The minimum absolute atomic E-state index is 0.295. The van der Waals surface area contributed by atoms with Crippen molar-refractivity contribution in [2.24, 2.45) is 0 Å². The van der Waals surface area contributed by atoms with E-state index in [4.69, 9.17) is 9.47 Å². The fourth-order valence-electron chi connectivity index (χ4n) is 1.56. The first-order valence-electron chi connectivity index (χ1n) is 6.78. The normalized spacial score (nSPS) is 12.7. The first-order valence-corrected chi connectivity index (χ1v) is 6.78. The molecule has 0 radical (unpaired) electrons. The molecule has 0 spiro atoms. The molecular weight excluding hydrogens is 260 g/mol. The van der Waals surface area contributed by atoms with Crippen LogP contribution in [-0.4, -0.2) is 41.9 Å². The molecule has 20 heavy (non-hydrogen) atoms. The van der Waals surface area contributed by atoms with Crippen LogP contribution in [0.4, 0.5) is 4.79 Å². The predicted molar refractivity (Wildman–Crippen MR) is 77.0 cm³/mol. The van der Waals surface area contributed by atoms with E-state index >= 15 is 0 Å². The van der Waals surface area contributed by atoms with E-state index in [1.54, 1.807) is 33.8 Å². The van der Waals surface area contributed by atoms with Gasteiger partial charge in [-0.3, -0.25) is 10.2 Å². The van der Waals surface area contributed by atoms with E-state index in [0.717, 1.165) is 0 Å². The number of nitrogens with one attached hydrogen (secondary N) is 1. The van der Waals surface area contributed by atoms with Crippen molar-refractivity contribution < 1.29 is 19.1 Å². The topological polar surface area (TPSA) is 67.9 Å². The van der Waals surface area contributed by atoms with Crippen LogP contribution in [0.15, 0.2) is 12.7 Å². The van der Waals surface area contributed by atoms with Gasteiger partial charge in [-0.1, -0.05) is 13.0 Å². The highest BCUT2D eigenvalue weighted by Gasteiger charge is 2.27. The second kappa shape index (κ2) is 8.58. The molecule has 0 aliphatic heterocycles. The first kappa shape index (κ1) is 18.4. The molecule has 0 saturated heterocycles. The molecule has 0 aromatic carbocycles. The maximum absolute atomic E-state index is 11.9. The summed E-state index contributed by atoms with van der Waals surface area (Å²) in [4.78, 5) is 23.7. The molecule has 1 N–H and O–H groups in total. The number of rotatable bonds is 7. The minimum Gasteiger partial charge on any atom is -0.465 e. The van der Waals surface area contributed by atoms with E-state index in [2.05, 4.69) is 12.0 Å². The molecule has 0 rings (SSSR count). The Kier molecular flexibility index (Phi) is 7.91. The average molecular weight is 286 g/mol. The lowest BCUT2D eigenvalue weighted by Gasteiger charge is -2.29. The van der Waals surface area contributed by atoms with Crippen molar-refractivity contribution in [2.45, 2.75) is 52.7 Å². The van der Waals surface area contributed by atoms with E-state index < -0.39 is 17.7 Å². The Balaban J connectivity index is 4.79. The Labute approximate surface area is 121 Å². The minimum atomic E-state index is -0.609. The molecule has 0 aliphatic rings. The zero-order valence-corrected chi connectivity index (χ0v) is 13.1. The van der Waals surface area contributed by atoms with Gasteiger partial charge in [-0.05, 0) is 34.1 Å². The summed E-state index contributed by atoms with van der Waals surface area (Å²) in [6, 6.07) is -0.569. The lowest BCUT2D eigenvalue weighted by Crippen LogP contribution is -2.53. The Morgan fingerprint density at radius 1 is 1.35 bits per heavy atom. The molecule has 1 atom stereocenters. The second-order valence-electron chi connectivity index (χ2n) is 5.23. The molecule has 0 fully saturated rings. The van der Waals surface area contributed by atoms with Crippen molar-refractivity contribution in [3.05, 3.63) is 12.7 Å². The maximum Gasteiger partial charge on any atom is 0.422 e. The number of hydrazine groups is 1. The van der Waals surface area contributed by atoms with Gasteiger partial charge >= 0.3 is 12.1 Å². The summed E-state index contributed by atoms with van der Waals surface area (Å²) in [5, 5.41) is 1.47. The number of hydrogen-bond acceptors (Lipinski definition) is 5. The summed E-state index contributed by atoms with van der Waals surface area (Å²) >= 11 is 0. The third kappa shape index (κ3) is 7.13. The Bertz CT molecular complexity index is 337. The smallest absolute Gasteiger partial charge is 0.422 e. The monoisotopic (exact) mass is 286 g/mol.